The van der Waals surface area contributed by atoms with Crippen LogP contribution in [0, 0.1) is 5.92 Å². The molecule has 0 amide bonds. The quantitative estimate of drug-likeness (QED) is 0.522. The molecule has 0 spiro atoms. The van der Waals surface area contributed by atoms with Gasteiger partial charge >= 0.3 is 0 Å². The van der Waals surface area contributed by atoms with Crippen molar-refractivity contribution in [2.75, 3.05) is 26.5 Å². The summed E-state index contributed by atoms with van der Waals surface area (Å²) in [6.07, 6.45) is 0. The number of hydrogen-bond acceptors (Lipinski definition) is 0. The molecular formula is C6H15ClN+. The first-order valence-corrected chi connectivity index (χ1v) is 3.55. The fourth-order valence-electron chi connectivity index (χ4n) is 0.751. The highest BCUT2D eigenvalue weighted by molar-refractivity contribution is 6.18. The molecule has 1 atom stereocenters. The third kappa shape index (κ3) is 4.41. The van der Waals surface area contributed by atoms with E-state index in [2.05, 4.69) is 21.0 Å². The third-order valence-corrected chi connectivity index (χ3v) is 1.55. The first kappa shape index (κ1) is 8.25. The van der Waals surface area contributed by atoms with Crippen molar-refractivity contribution in [2.45, 2.75) is 6.92 Å². The number of rotatable bonds is 3. The molecule has 2 heteroatoms. The van der Waals surface area contributed by atoms with Crippen molar-refractivity contribution in [3.63, 3.8) is 0 Å². The van der Waals surface area contributed by atoms with Gasteiger partial charge in [-0.3, -0.25) is 0 Å². The number of quaternary nitrogens is 1. The summed E-state index contributed by atoms with van der Waals surface area (Å²) < 4.78 is 0. The summed E-state index contributed by atoms with van der Waals surface area (Å²) in [5.74, 6) is 1.44. The maximum absolute atomic E-state index is 5.58. The van der Waals surface area contributed by atoms with Gasteiger partial charge in [0.1, 0.15) is 0 Å². The topological polar surface area (TPSA) is 4.44 Å². The van der Waals surface area contributed by atoms with Crippen molar-refractivity contribution in [1.29, 1.82) is 0 Å². The standard InChI is InChI=1S/C6H14ClN/c1-6(4-7)5-8(2)3/h6H,4-5H2,1-3H3/p+1. The molecule has 0 aromatic heterocycles. The first-order valence-electron chi connectivity index (χ1n) is 3.01. The van der Waals surface area contributed by atoms with Crippen LogP contribution in [0.25, 0.3) is 0 Å². The minimum absolute atomic E-state index is 0.654. The lowest BCUT2D eigenvalue weighted by Crippen LogP contribution is -3.06. The molecule has 0 fully saturated rings. The molecule has 0 bridgehead atoms. The van der Waals surface area contributed by atoms with Crippen LogP contribution in [0.4, 0.5) is 0 Å². The molecule has 0 aromatic carbocycles. The maximum Gasteiger partial charge on any atom is 0.0804 e. The average molecular weight is 137 g/mol. The van der Waals surface area contributed by atoms with Crippen molar-refractivity contribution in [3.05, 3.63) is 0 Å². The second kappa shape index (κ2) is 4.16. The van der Waals surface area contributed by atoms with Crippen LogP contribution in [-0.2, 0) is 0 Å². The molecule has 0 radical (unpaired) electrons. The zero-order valence-corrected chi connectivity index (χ0v) is 6.63. The summed E-state index contributed by atoms with van der Waals surface area (Å²) in [4.78, 5) is 1.47. The maximum atomic E-state index is 5.58. The van der Waals surface area contributed by atoms with Crippen LogP contribution in [0.2, 0.25) is 0 Å². The molecule has 50 valence electrons. The zero-order valence-electron chi connectivity index (χ0n) is 5.87. The summed E-state index contributed by atoms with van der Waals surface area (Å²) in [5.41, 5.74) is 0. The second-order valence-corrected chi connectivity index (χ2v) is 2.98. The third-order valence-electron chi connectivity index (χ3n) is 1.02. The summed E-state index contributed by atoms with van der Waals surface area (Å²) in [6.45, 7) is 3.34. The predicted octanol–water partition coefficient (Wildman–Crippen LogP) is 0.00580. The summed E-state index contributed by atoms with van der Waals surface area (Å²) in [6, 6.07) is 0. The average Bonchev–Trinajstić information content (AvgIpc) is 1.65. The Morgan fingerprint density at radius 3 is 2.12 bits per heavy atom. The molecule has 1 nitrogen and oxygen atoms in total. The van der Waals surface area contributed by atoms with Crippen LogP contribution < -0.4 is 4.90 Å². The zero-order chi connectivity index (χ0) is 6.57. The molecule has 0 rings (SSSR count). The number of halogens is 1. The van der Waals surface area contributed by atoms with Gasteiger partial charge in [-0.2, -0.15) is 0 Å². The lowest BCUT2D eigenvalue weighted by Gasteiger charge is -2.10. The molecule has 8 heavy (non-hydrogen) atoms. The first-order chi connectivity index (χ1) is 3.66. The van der Waals surface area contributed by atoms with Gasteiger partial charge in [0.25, 0.3) is 0 Å². The van der Waals surface area contributed by atoms with Crippen molar-refractivity contribution >= 4 is 11.6 Å². The predicted molar refractivity (Wildman–Crippen MR) is 37.6 cm³/mol. The van der Waals surface area contributed by atoms with E-state index in [1.807, 2.05) is 0 Å². The Hall–Kier alpha value is 0.250. The van der Waals surface area contributed by atoms with Gasteiger partial charge in [0, 0.05) is 11.8 Å². The van der Waals surface area contributed by atoms with Crippen molar-refractivity contribution in [2.24, 2.45) is 5.92 Å². The van der Waals surface area contributed by atoms with Gasteiger partial charge in [0.05, 0.1) is 20.6 Å². The Morgan fingerprint density at radius 2 is 2.00 bits per heavy atom. The van der Waals surface area contributed by atoms with Crippen molar-refractivity contribution in [1.82, 2.24) is 0 Å². The summed E-state index contributed by atoms with van der Waals surface area (Å²) >= 11 is 5.58. The SMILES string of the molecule is CC(CCl)C[NH+](C)C. The summed E-state index contributed by atoms with van der Waals surface area (Å²) in [7, 11) is 4.28. The van der Waals surface area contributed by atoms with Crippen LogP contribution >= 0.6 is 11.6 Å². The van der Waals surface area contributed by atoms with Gasteiger partial charge in [-0.05, 0) is 0 Å². The van der Waals surface area contributed by atoms with Gasteiger partial charge in [0.15, 0.2) is 0 Å². The van der Waals surface area contributed by atoms with Gasteiger partial charge in [-0.1, -0.05) is 6.92 Å². The lowest BCUT2D eigenvalue weighted by molar-refractivity contribution is -0.861. The lowest BCUT2D eigenvalue weighted by atomic mass is 10.2. The highest BCUT2D eigenvalue weighted by Gasteiger charge is 2.02. The van der Waals surface area contributed by atoms with Crippen LogP contribution in [0.5, 0.6) is 0 Å². The van der Waals surface area contributed by atoms with E-state index in [0.717, 1.165) is 5.88 Å². The van der Waals surface area contributed by atoms with E-state index in [1.165, 1.54) is 11.4 Å². The van der Waals surface area contributed by atoms with Gasteiger partial charge < -0.3 is 4.90 Å². The highest BCUT2D eigenvalue weighted by atomic mass is 35.5. The van der Waals surface area contributed by atoms with E-state index in [1.54, 1.807) is 0 Å². The molecular weight excluding hydrogens is 122 g/mol. The molecule has 0 aromatic rings. The molecule has 0 heterocycles. The molecule has 1 unspecified atom stereocenters. The van der Waals surface area contributed by atoms with Crippen LogP contribution in [0.3, 0.4) is 0 Å². The normalized spacial score (nSPS) is 14.6. The molecule has 0 aliphatic rings. The van der Waals surface area contributed by atoms with Crippen LogP contribution in [0.1, 0.15) is 6.92 Å². The van der Waals surface area contributed by atoms with E-state index in [0.29, 0.717) is 5.92 Å². The van der Waals surface area contributed by atoms with Crippen LogP contribution in [-0.4, -0.2) is 26.5 Å². The van der Waals surface area contributed by atoms with Gasteiger partial charge in [-0.25, -0.2) is 0 Å². The second-order valence-electron chi connectivity index (χ2n) is 2.67. The largest absolute Gasteiger partial charge is 0.340 e. The number of hydrogen-bond donors (Lipinski definition) is 1. The van der Waals surface area contributed by atoms with E-state index in [9.17, 15) is 0 Å². The smallest absolute Gasteiger partial charge is 0.0804 e. The minimum Gasteiger partial charge on any atom is -0.340 e. The van der Waals surface area contributed by atoms with Crippen LogP contribution in [0.15, 0.2) is 0 Å². The Kier molecular flexibility index (Phi) is 4.29. The van der Waals surface area contributed by atoms with E-state index in [4.69, 9.17) is 11.6 Å². The highest BCUT2D eigenvalue weighted by Crippen LogP contribution is 1.91. The van der Waals surface area contributed by atoms with E-state index >= 15 is 0 Å². The molecule has 0 aliphatic heterocycles. The minimum atomic E-state index is 0.654. The Balaban J connectivity index is 3.10. The summed E-state index contributed by atoms with van der Waals surface area (Å²) in [5, 5.41) is 0. The van der Waals surface area contributed by atoms with Crippen molar-refractivity contribution in [3.8, 4) is 0 Å². The molecule has 0 saturated carbocycles. The fraction of sp³-hybridized carbons (Fsp3) is 1.00. The molecule has 0 saturated heterocycles. The Morgan fingerprint density at radius 1 is 1.50 bits per heavy atom. The molecule has 0 aliphatic carbocycles. The Bertz CT molecular complexity index is 54.5. The Labute approximate surface area is 56.6 Å². The van der Waals surface area contributed by atoms with E-state index < -0.39 is 0 Å². The number of alkyl halides is 1. The fourth-order valence-corrected chi connectivity index (χ4v) is 0.861. The molecule has 1 N–H and O–H groups in total. The monoisotopic (exact) mass is 136 g/mol. The number of nitrogens with one attached hydrogen (secondary N) is 1. The van der Waals surface area contributed by atoms with Gasteiger partial charge in [0.2, 0.25) is 0 Å². The van der Waals surface area contributed by atoms with E-state index in [-0.39, 0.29) is 0 Å². The van der Waals surface area contributed by atoms with Crippen molar-refractivity contribution < 1.29 is 4.90 Å². The van der Waals surface area contributed by atoms with Gasteiger partial charge in [-0.15, -0.1) is 11.6 Å².